The quantitative estimate of drug-likeness (QED) is 0.756. The van der Waals surface area contributed by atoms with E-state index in [0.717, 1.165) is 0 Å². The number of hydrogen-bond acceptors (Lipinski definition) is 1. The molecular formula is C13H9Cl2FN2S. The van der Waals surface area contributed by atoms with Gasteiger partial charge in [0.05, 0.1) is 5.02 Å². The molecule has 0 fully saturated rings. The molecule has 1 aliphatic heterocycles. The van der Waals surface area contributed by atoms with Gasteiger partial charge in [0.1, 0.15) is 11.5 Å². The Morgan fingerprint density at radius 2 is 1.89 bits per heavy atom. The number of halogens is 3. The molecule has 0 spiro atoms. The fourth-order valence-electron chi connectivity index (χ4n) is 1.89. The minimum Gasteiger partial charge on any atom is -0.284 e. The molecule has 2 heterocycles. The predicted molar refractivity (Wildman–Crippen MR) is 79.5 cm³/mol. The van der Waals surface area contributed by atoms with Crippen molar-refractivity contribution in [2.45, 2.75) is 4.90 Å². The molecule has 1 aromatic heterocycles. The zero-order valence-electron chi connectivity index (χ0n) is 9.57. The fourth-order valence-corrected chi connectivity index (χ4v) is 4.01. The van der Waals surface area contributed by atoms with Crippen LogP contribution in [0, 0.1) is 5.82 Å². The van der Waals surface area contributed by atoms with E-state index in [9.17, 15) is 4.39 Å². The highest BCUT2D eigenvalue weighted by Gasteiger charge is 2.19. The molecule has 0 saturated heterocycles. The Kier molecular flexibility index (Phi) is 3.39. The number of H-pyrrole nitrogens is 1. The predicted octanol–water partition coefficient (Wildman–Crippen LogP) is 4.92. The molecule has 2 nitrogen and oxygen atoms in total. The minimum atomic E-state index is -0.781. The van der Waals surface area contributed by atoms with Gasteiger partial charge in [-0.15, -0.1) is 0 Å². The van der Waals surface area contributed by atoms with Crippen LogP contribution in [0.4, 0.5) is 4.39 Å². The largest absolute Gasteiger partial charge is 0.284 e. The van der Waals surface area contributed by atoms with E-state index in [1.807, 2.05) is 23.0 Å². The van der Waals surface area contributed by atoms with Crippen molar-refractivity contribution >= 4 is 34.1 Å². The Balaban J connectivity index is 2.18. The molecule has 2 aromatic rings. The molecule has 6 heteroatoms. The molecule has 19 heavy (non-hydrogen) atoms. The Hall–Kier alpha value is -1.23. The maximum Gasteiger partial charge on any atom is 0.145 e. The number of nitrogens with one attached hydrogen (secondary N) is 1. The number of nitrogens with zero attached hydrogens (tertiary/aromatic N) is 1. The third-order valence-corrected chi connectivity index (χ3v) is 5.12. The average Bonchev–Trinajstić information content (AvgIpc) is 3.03. The Morgan fingerprint density at radius 3 is 2.53 bits per heavy atom. The summed E-state index contributed by atoms with van der Waals surface area (Å²) in [6, 6.07) is 3.20. The lowest BCUT2D eigenvalue weighted by Gasteiger charge is -2.14. The first-order chi connectivity index (χ1) is 9.16. The molecule has 0 aliphatic carbocycles. The summed E-state index contributed by atoms with van der Waals surface area (Å²) in [4.78, 5) is 0.585. The van der Waals surface area contributed by atoms with Crippen LogP contribution in [0.15, 0.2) is 46.2 Å². The van der Waals surface area contributed by atoms with E-state index >= 15 is 0 Å². The number of rotatable bonds is 2. The molecule has 0 atom stereocenters. The Bertz CT molecular complexity index is 682. The first-order valence-corrected chi connectivity index (χ1v) is 7.72. The lowest BCUT2D eigenvalue weighted by molar-refractivity contribution is 0.605. The smallest absolute Gasteiger partial charge is 0.145 e. The topological polar surface area (TPSA) is 28.7 Å². The SMILES string of the molecule is Fc1c(-c2n[nH]cc2Cl)cc(Cl)cc1[SH]1C=CC=C1. The van der Waals surface area contributed by atoms with Gasteiger partial charge in [-0.05, 0) is 22.9 Å². The summed E-state index contributed by atoms with van der Waals surface area (Å²) in [5.41, 5.74) is 0.704. The van der Waals surface area contributed by atoms with Crippen LogP contribution in [-0.4, -0.2) is 10.2 Å². The molecule has 0 radical (unpaired) electrons. The van der Waals surface area contributed by atoms with Gasteiger partial charge in [-0.25, -0.2) is 4.39 Å². The highest BCUT2D eigenvalue weighted by atomic mass is 35.5. The second kappa shape index (κ2) is 5.04. The van der Waals surface area contributed by atoms with Crippen LogP contribution in [-0.2, 0) is 0 Å². The van der Waals surface area contributed by atoms with Gasteiger partial charge in [0.15, 0.2) is 0 Å². The second-order valence-electron chi connectivity index (χ2n) is 3.96. The van der Waals surface area contributed by atoms with Crippen LogP contribution in [0.1, 0.15) is 0 Å². The van der Waals surface area contributed by atoms with E-state index in [1.165, 1.54) is 6.20 Å². The molecule has 0 bridgehead atoms. The van der Waals surface area contributed by atoms with Crippen LogP contribution < -0.4 is 0 Å². The lowest BCUT2D eigenvalue weighted by Crippen LogP contribution is -1.91. The zero-order chi connectivity index (χ0) is 13.4. The number of thiol groups is 1. The van der Waals surface area contributed by atoms with Crippen LogP contribution in [0.3, 0.4) is 0 Å². The van der Waals surface area contributed by atoms with Crippen molar-refractivity contribution in [3.05, 3.63) is 57.2 Å². The van der Waals surface area contributed by atoms with Gasteiger partial charge in [-0.2, -0.15) is 16.0 Å². The summed E-state index contributed by atoms with van der Waals surface area (Å²) in [5, 5.41) is 11.4. The second-order valence-corrected chi connectivity index (χ2v) is 6.69. The average molecular weight is 315 g/mol. The molecule has 1 aliphatic rings. The van der Waals surface area contributed by atoms with E-state index in [2.05, 4.69) is 10.2 Å². The highest BCUT2D eigenvalue weighted by Crippen LogP contribution is 2.46. The van der Waals surface area contributed by atoms with E-state index in [0.29, 0.717) is 26.2 Å². The van der Waals surface area contributed by atoms with Crippen molar-refractivity contribution in [1.82, 2.24) is 10.2 Å². The van der Waals surface area contributed by atoms with Crippen molar-refractivity contribution in [2.24, 2.45) is 0 Å². The normalized spacial score (nSPS) is 15.4. The van der Waals surface area contributed by atoms with Gasteiger partial charge in [-0.1, -0.05) is 35.4 Å². The zero-order valence-corrected chi connectivity index (χ0v) is 12.0. The molecule has 0 saturated carbocycles. The van der Waals surface area contributed by atoms with Crippen molar-refractivity contribution in [3.63, 3.8) is 0 Å². The van der Waals surface area contributed by atoms with Crippen LogP contribution in [0.5, 0.6) is 0 Å². The molecule has 0 amide bonds. The number of benzene rings is 1. The van der Waals surface area contributed by atoms with Gasteiger partial charge < -0.3 is 0 Å². The lowest BCUT2D eigenvalue weighted by atomic mass is 10.1. The standard InChI is InChI=1S/C13H9Cl2FN2S/c14-8-5-9(13-10(15)7-17-18-13)12(16)11(6-8)19-3-1-2-4-19/h1-7,19H,(H,17,18). The van der Waals surface area contributed by atoms with Crippen molar-refractivity contribution < 1.29 is 4.39 Å². The molecule has 1 N–H and O–H groups in total. The number of allylic oxidation sites excluding steroid dienone is 2. The van der Waals surface area contributed by atoms with Gasteiger partial charge in [0.25, 0.3) is 0 Å². The van der Waals surface area contributed by atoms with Crippen molar-refractivity contribution in [2.75, 3.05) is 0 Å². The fraction of sp³-hybridized carbons (Fsp3) is 0. The summed E-state index contributed by atoms with van der Waals surface area (Å²) < 4.78 is 14.6. The summed E-state index contributed by atoms with van der Waals surface area (Å²) in [6.07, 6.45) is 5.33. The van der Waals surface area contributed by atoms with Gasteiger partial charge in [-0.3, -0.25) is 5.10 Å². The summed E-state index contributed by atoms with van der Waals surface area (Å²) in [7, 11) is -0.781. The van der Waals surface area contributed by atoms with E-state index in [4.69, 9.17) is 23.2 Å². The van der Waals surface area contributed by atoms with Gasteiger partial charge >= 0.3 is 0 Å². The van der Waals surface area contributed by atoms with Gasteiger partial charge in [0, 0.05) is 21.7 Å². The molecular weight excluding hydrogens is 306 g/mol. The Labute approximate surface area is 122 Å². The molecule has 1 aromatic carbocycles. The first kappa shape index (κ1) is 12.8. The third kappa shape index (κ3) is 2.31. The van der Waals surface area contributed by atoms with Gasteiger partial charge in [0.2, 0.25) is 0 Å². The Morgan fingerprint density at radius 1 is 1.16 bits per heavy atom. The third-order valence-electron chi connectivity index (χ3n) is 2.75. The number of aromatic nitrogens is 2. The monoisotopic (exact) mass is 314 g/mol. The van der Waals surface area contributed by atoms with Crippen molar-refractivity contribution in [3.8, 4) is 11.3 Å². The van der Waals surface area contributed by atoms with E-state index in [1.54, 1.807) is 12.1 Å². The minimum absolute atomic E-state index is 0.319. The molecule has 3 rings (SSSR count). The highest BCUT2D eigenvalue weighted by molar-refractivity contribution is 8.22. The molecule has 0 unspecified atom stereocenters. The molecule has 98 valence electrons. The van der Waals surface area contributed by atoms with Crippen LogP contribution >= 0.6 is 34.1 Å². The van der Waals surface area contributed by atoms with E-state index in [-0.39, 0.29) is 5.82 Å². The first-order valence-electron chi connectivity index (χ1n) is 5.49. The number of aromatic amines is 1. The number of hydrogen-bond donors (Lipinski definition) is 2. The van der Waals surface area contributed by atoms with Crippen LogP contribution in [0.2, 0.25) is 10.0 Å². The maximum atomic E-state index is 14.6. The van der Waals surface area contributed by atoms with Crippen LogP contribution in [0.25, 0.3) is 11.3 Å². The summed E-state index contributed by atoms with van der Waals surface area (Å²) in [6.45, 7) is 0. The summed E-state index contributed by atoms with van der Waals surface area (Å²) in [5.74, 6) is -0.319. The van der Waals surface area contributed by atoms with Crippen molar-refractivity contribution in [1.29, 1.82) is 0 Å². The summed E-state index contributed by atoms with van der Waals surface area (Å²) >= 11 is 12.1. The van der Waals surface area contributed by atoms with E-state index < -0.39 is 10.9 Å². The maximum absolute atomic E-state index is 14.6.